The predicted octanol–water partition coefficient (Wildman–Crippen LogP) is 2.10. The Morgan fingerprint density at radius 3 is 2.91 bits per heavy atom. The van der Waals surface area contributed by atoms with Gasteiger partial charge in [0.15, 0.2) is 0 Å². The first kappa shape index (κ1) is 15.0. The number of rotatable bonds is 3. The van der Waals surface area contributed by atoms with Gasteiger partial charge in [-0.2, -0.15) is 0 Å². The van der Waals surface area contributed by atoms with Gasteiger partial charge in [-0.1, -0.05) is 25.0 Å². The molecule has 2 fully saturated rings. The standard InChI is InChI=1S/C17H21NO4/c19-16(11-12-4-3-5-13(10-12)17(20)21)18-8-9-22-15-7-2-1-6-14(15)18/h3-5,10,14-15H,1-2,6-9,11H2,(H,20,21). The highest BCUT2D eigenvalue weighted by Gasteiger charge is 2.36. The van der Waals surface area contributed by atoms with Crippen molar-refractivity contribution in [2.75, 3.05) is 13.2 Å². The lowest BCUT2D eigenvalue weighted by Crippen LogP contribution is -2.55. The SMILES string of the molecule is O=C(O)c1cccc(CC(=O)N2CCOC3CCCCC32)c1. The topological polar surface area (TPSA) is 66.8 Å². The maximum atomic E-state index is 12.6. The van der Waals surface area contributed by atoms with Crippen LogP contribution in [0.4, 0.5) is 0 Å². The predicted molar refractivity (Wildman–Crippen MR) is 80.8 cm³/mol. The second-order valence-corrected chi connectivity index (χ2v) is 6.03. The lowest BCUT2D eigenvalue weighted by atomic mass is 9.89. The van der Waals surface area contributed by atoms with E-state index in [-0.39, 0.29) is 30.0 Å². The average molecular weight is 303 g/mol. The Hall–Kier alpha value is -1.88. The van der Waals surface area contributed by atoms with Crippen molar-refractivity contribution >= 4 is 11.9 Å². The molecule has 118 valence electrons. The quantitative estimate of drug-likeness (QED) is 0.928. The fraction of sp³-hybridized carbons (Fsp3) is 0.529. The number of nitrogens with zero attached hydrogens (tertiary/aromatic N) is 1. The minimum Gasteiger partial charge on any atom is -0.478 e. The minimum absolute atomic E-state index is 0.0720. The van der Waals surface area contributed by atoms with Crippen LogP contribution in [0.25, 0.3) is 0 Å². The molecule has 1 aromatic rings. The molecular weight excluding hydrogens is 282 g/mol. The number of amides is 1. The molecule has 5 nitrogen and oxygen atoms in total. The molecule has 0 radical (unpaired) electrons. The number of hydrogen-bond donors (Lipinski definition) is 1. The van der Waals surface area contributed by atoms with Crippen molar-refractivity contribution in [2.24, 2.45) is 0 Å². The maximum Gasteiger partial charge on any atom is 0.335 e. The van der Waals surface area contributed by atoms with Crippen LogP contribution in [0, 0.1) is 0 Å². The third kappa shape index (κ3) is 3.14. The molecule has 2 atom stereocenters. The zero-order chi connectivity index (χ0) is 15.5. The molecule has 1 heterocycles. The van der Waals surface area contributed by atoms with Crippen LogP contribution in [0.1, 0.15) is 41.6 Å². The van der Waals surface area contributed by atoms with E-state index in [0.717, 1.165) is 24.8 Å². The van der Waals surface area contributed by atoms with Gasteiger partial charge in [0, 0.05) is 6.54 Å². The maximum absolute atomic E-state index is 12.6. The summed E-state index contributed by atoms with van der Waals surface area (Å²) in [7, 11) is 0. The molecule has 0 spiro atoms. The number of aromatic carboxylic acids is 1. The fourth-order valence-corrected chi connectivity index (χ4v) is 3.50. The summed E-state index contributed by atoms with van der Waals surface area (Å²) < 4.78 is 5.79. The Kier molecular flexibility index (Phi) is 4.43. The van der Waals surface area contributed by atoms with Gasteiger partial charge < -0.3 is 14.7 Å². The number of carboxylic acid groups (broad SMARTS) is 1. The Balaban J connectivity index is 1.70. The Labute approximate surface area is 129 Å². The molecule has 1 saturated carbocycles. The summed E-state index contributed by atoms with van der Waals surface area (Å²) in [6.45, 7) is 1.24. The lowest BCUT2D eigenvalue weighted by molar-refractivity contribution is -0.148. The van der Waals surface area contributed by atoms with E-state index in [1.165, 1.54) is 6.42 Å². The number of carbonyl (C=O) groups is 2. The van der Waals surface area contributed by atoms with Crippen molar-refractivity contribution in [1.82, 2.24) is 4.90 Å². The van der Waals surface area contributed by atoms with Crippen molar-refractivity contribution in [3.63, 3.8) is 0 Å². The number of hydrogen-bond acceptors (Lipinski definition) is 3. The highest BCUT2D eigenvalue weighted by Crippen LogP contribution is 2.28. The number of morpholine rings is 1. The van der Waals surface area contributed by atoms with Crippen LogP contribution in [-0.4, -0.2) is 47.2 Å². The van der Waals surface area contributed by atoms with Gasteiger partial charge in [0.25, 0.3) is 0 Å². The molecule has 0 bridgehead atoms. The Bertz CT molecular complexity index is 570. The third-order valence-corrected chi connectivity index (χ3v) is 4.58. The summed E-state index contributed by atoms with van der Waals surface area (Å²) in [5, 5.41) is 9.03. The van der Waals surface area contributed by atoms with Crippen LogP contribution in [0.2, 0.25) is 0 Å². The highest BCUT2D eigenvalue weighted by molar-refractivity contribution is 5.88. The zero-order valence-electron chi connectivity index (χ0n) is 12.5. The van der Waals surface area contributed by atoms with E-state index in [1.807, 2.05) is 11.0 Å². The van der Waals surface area contributed by atoms with E-state index >= 15 is 0 Å². The van der Waals surface area contributed by atoms with Crippen LogP contribution in [-0.2, 0) is 16.0 Å². The van der Waals surface area contributed by atoms with Crippen LogP contribution in [0.5, 0.6) is 0 Å². The Morgan fingerprint density at radius 2 is 2.09 bits per heavy atom. The molecule has 1 amide bonds. The Morgan fingerprint density at radius 1 is 1.27 bits per heavy atom. The summed E-state index contributed by atoms with van der Waals surface area (Å²) in [5.74, 6) is -0.893. The van der Waals surface area contributed by atoms with Gasteiger partial charge in [0.2, 0.25) is 5.91 Å². The summed E-state index contributed by atoms with van der Waals surface area (Å²) in [5.41, 5.74) is 0.978. The molecule has 1 aromatic carbocycles. The number of carboxylic acids is 1. The second-order valence-electron chi connectivity index (χ2n) is 6.03. The first-order valence-corrected chi connectivity index (χ1v) is 7.88. The third-order valence-electron chi connectivity index (χ3n) is 4.58. The van der Waals surface area contributed by atoms with Gasteiger partial charge >= 0.3 is 5.97 Å². The van der Waals surface area contributed by atoms with Crippen molar-refractivity contribution in [2.45, 2.75) is 44.2 Å². The number of fused-ring (bicyclic) bond motifs is 1. The fourth-order valence-electron chi connectivity index (χ4n) is 3.50. The first-order valence-electron chi connectivity index (χ1n) is 7.88. The number of ether oxygens (including phenoxy) is 1. The monoisotopic (exact) mass is 303 g/mol. The molecular formula is C17H21NO4. The summed E-state index contributed by atoms with van der Waals surface area (Å²) in [6.07, 6.45) is 4.78. The van der Waals surface area contributed by atoms with Crippen molar-refractivity contribution in [3.8, 4) is 0 Å². The molecule has 0 aromatic heterocycles. The smallest absolute Gasteiger partial charge is 0.335 e. The molecule has 1 N–H and O–H groups in total. The molecule has 3 rings (SSSR count). The van der Waals surface area contributed by atoms with Crippen molar-refractivity contribution in [1.29, 1.82) is 0 Å². The van der Waals surface area contributed by atoms with Gasteiger partial charge in [-0.3, -0.25) is 4.79 Å². The van der Waals surface area contributed by atoms with Crippen LogP contribution < -0.4 is 0 Å². The van der Waals surface area contributed by atoms with E-state index in [0.29, 0.717) is 13.2 Å². The molecule has 22 heavy (non-hydrogen) atoms. The zero-order valence-corrected chi connectivity index (χ0v) is 12.5. The molecule has 1 aliphatic carbocycles. The minimum atomic E-state index is -0.965. The van der Waals surface area contributed by atoms with Gasteiger partial charge in [-0.15, -0.1) is 0 Å². The summed E-state index contributed by atoms with van der Waals surface area (Å²) >= 11 is 0. The van der Waals surface area contributed by atoms with E-state index in [2.05, 4.69) is 0 Å². The van der Waals surface area contributed by atoms with Gasteiger partial charge in [-0.25, -0.2) is 4.79 Å². The molecule has 2 unspecified atom stereocenters. The van der Waals surface area contributed by atoms with Crippen LogP contribution in [0.3, 0.4) is 0 Å². The second kappa shape index (κ2) is 6.48. The van der Waals surface area contributed by atoms with Crippen molar-refractivity contribution < 1.29 is 19.4 Å². The van der Waals surface area contributed by atoms with E-state index in [4.69, 9.17) is 9.84 Å². The largest absolute Gasteiger partial charge is 0.478 e. The van der Waals surface area contributed by atoms with Crippen LogP contribution >= 0.6 is 0 Å². The van der Waals surface area contributed by atoms with Crippen LogP contribution in [0.15, 0.2) is 24.3 Å². The van der Waals surface area contributed by atoms with Gasteiger partial charge in [0.05, 0.1) is 30.7 Å². The molecule has 1 aliphatic heterocycles. The number of benzene rings is 1. The average Bonchev–Trinajstić information content (AvgIpc) is 2.54. The van der Waals surface area contributed by atoms with E-state index in [9.17, 15) is 9.59 Å². The first-order chi connectivity index (χ1) is 10.6. The van der Waals surface area contributed by atoms with E-state index in [1.54, 1.807) is 18.2 Å². The molecule has 5 heteroatoms. The van der Waals surface area contributed by atoms with E-state index < -0.39 is 5.97 Å². The normalized spacial score (nSPS) is 24.6. The van der Waals surface area contributed by atoms with Gasteiger partial charge in [-0.05, 0) is 30.5 Å². The van der Waals surface area contributed by atoms with Gasteiger partial charge in [0.1, 0.15) is 0 Å². The van der Waals surface area contributed by atoms with Crippen molar-refractivity contribution in [3.05, 3.63) is 35.4 Å². The lowest BCUT2D eigenvalue weighted by Gasteiger charge is -2.43. The number of carbonyl (C=O) groups excluding carboxylic acids is 1. The molecule has 2 aliphatic rings. The highest BCUT2D eigenvalue weighted by atomic mass is 16.5. The summed E-state index contributed by atoms with van der Waals surface area (Å²) in [4.78, 5) is 25.6. The summed E-state index contributed by atoms with van der Waals surface area (Å²) in [6, 6.07) is 6.82. The molecule has 1 saturated heterocycles.